The second kappa shape index (κ2) is 6.41. The number of nitrogens with one attached hydrogen (secondary N) is 1. The van der Waals surface area contributed by atoms with E-state index >= 15 is 0 Å². The molecule has 0 saturated carbocycles. The molecule has 1 aromatic carbocycles. The van der Waals surface area contributed by atoms with Crippen LogP contribution in [0.15, 0.2) is 29.1 Å². The van der Waals surface area contributed by atoms with Gasteiger partial charge in [-0.1, -0.05) is 37.3 Å². The van der Waals surface area contributed by atoms with Crippen LogP contribution in [-0.4, -0.2) is 21.0 Å². The first-order valence-electron chi connectivity index (χ1n) is 7.53. The van der Waals surface area contributed by atoms with Gasteiger partial charge in [0, 0.05) is 0 Å². The Bertz CT molecular complexity index is 998. The number of nitrogens with zero attached hydrogens (tertiary/aromatic N) is 1. The van der Waals surface area contributed by atoms with Crippen LogP contribution in [0, 0.1) is 6.92 Å². The zero-order valence-electron chi connectivity index (χ0n) is 13.3. The van der Waals surface area contributed by atoms with Crippen molar-refractivity contribution in [1.82, 2.24) is 9.97 Å². The summed E-state index contributed by atoms with van der Waals surface area (Å²) < 4.78 is 0. The molecule has 6 heteroatoms. The standard InChI is InChI=1S/C18H16N2O3S/c1-3-11-4-6-12(7-5-11)8-9-13-19-16(21)14-10(2)15(18(22)23)24-17(14)20-13/h4-9H,3H2,1-2H3,(H,22,23)(H,19,20,21)/b9-8-. The highest BCUT2D eigenvalue weighted by atomic mass is 32.1. The average Bonchev–Trinajstić information content (AvgIpc) is 2.91. The van der Waals surface area contributed by atoms with Crippen molar-refractivity contribution in [3.05, 3.63) is 62.0 Å². The number of aromatic nitrogens is 2. The zero-order valence-corrected chi connectivity index (χ0v) is 14.1. The number of H-pyrrole nitrogens is 1. The number of aryl methyl sites for hydroxylation is 2. The molecule has 3 rings (SSSR count). The normalized spacial score (nSPS) is 11.4. The molecule has 0 radical (unpaired) electrons. The molecule has 0 unspecified atom stereocenters. The van der Waals surface area contributed by atoms with E-state index in [9.17, 15) is 14.7 Å². The molecule has 0 spiro atoms. The third kappa shape index (κ3) is 3.00. The molecule has 2 heterocycles. The molecule has 2 aromatic heterocycles. The summed E-state index contributed by atoms with van der Waals surface area (Å²) in [6, 6.07) is 8.12. The highest BCUT2D eigenvalue weighted by Gasteiger charge is 2.18. The molecular formula is C18H16N2O3S. The van der Waals surface area contributed by atoms with Gasteiger partial charge in [0.2, 0.25) is 0 Å². The first-order valence-corrected chi connectivity index (χ1v) is 8.35. The minimum absolute atomic E-state index is 0.152. The van der Waals surface area contributed by atoms with Gasteiger partial charge in [0.05, 0.1) is 5.39 Å². The van der Waals surface area contributed by atoms with Gasteiger partial charge in [-0.05, 0) is 36.1 Å². The first kappa shape index (κ1) is 16.1. The van der Waals surface area contributed by atoms with Gasteiger partial charge in [0.25, 0.3) is 5.56 Å². The van der Waals surface area contributed by atoms with E-state index in [2.05, 4.69) is 29.0 Å². The van der Waals surface area contributed by atoms with Crippen LogP contribution in [0.2, 0.25) is 0 Å². The number of hydrogen-bond acceptors (Lipinski definition) is 4. The number of carboxylic acids is 1. The lowest BCUT2D eigenvalue weighted by Gasteiger charge is -1.98. The third-order valence-electron chi connectivity index (χ3n) is 3.83. The fraction of sp³-hybridized carbons (Fsp3) is 0.167. The number of carboxylic acid groups (broad SMARTS) is 1. The molecule has 2 N–H and O–H groups in total. The second-order valence-corrected chi connectivity index (χ2v) is 6.42. The second-order valence-electron chi connectivity index (χ2n) is 5.42. The largest absolute Gasteiger partial charge is 0.477 e. The highest BCUT2D eigenvalue weighted by Crippen LogP contribution is 2.26. The molecule has 0 fully saturated rings. The third-order valence-corrected chi connectivity index (χ3v) is 5.01. The maximum absolute atomic E-state index is 12.2. The summed E-state index contributed by atoms with van der Waals surface area (Å²) in [5, 5.41) is 9.53. The van der Waals surface area contributed by atoms with Crippen LogP contribution in [0.4, 0.5) is 0 Å². The Morgan fingerprint density at radius 3 is 2.62 bits per heavy atom. The quantitative estimate of drug-likeness (QED) is 0.758. The van der Waals surface area contributed by atoms with Crippen LogP contribution in [-0.2, 0) is 6.42 Å². The summed E-state index contributed by atoms with van der Waals surface area (Å²) in [7, 11) is 0. The topological polar surface area (TPSA) is 83.0 Å². The minimum atomic E-state index is -1.04. The zero-order chi connectivity index (χ0) is 17.3. The van der Waals surface area contributed by atoms with Crippen molar-refractivity contribution in [2.45, 2.75) is 20.3 Å². The molecule has 0 aliphatic heterocycles. The molecule has 24 heavy (non-hydrogen) atoms. The predicted molar refractivity (Wildman–Crippen MR) is 96.7 cm³/mol. The van der Waals surface area contributed by atoms with Gasteiger partial charge >= 0.3 is 5.97 Å². The molecule has 0 bridgehead atoms. The molecule has 0 atom stereocenters. The Kier molecular flexibility index (Phi) is 4.31. The molecule has 5 nitrogen and oxygen atoms in total. The fourth-order valence-electron chi connectivity index (χ4n) is 2.48. The van der Waals surface area contributed by atoms with E-state index in [1.54, 1.807) is 13.0 Å². The lowest BCUT2D eigenvalue weighted by Crippen LogP contribution is -2.09. The molecule has 0 saturated heterocycles. The molecular weight excluding hydrogens is 324 g/mol. The number of aromatic carboxylic acids is 1. The van der Waals surface area contributed by atoms with Crippen molar-refractivity contribution in [2.24, 2.45) is 0 Å². The SMILES string of the molecule is CCc1ccc(/C=C\c2nc3sc(C(=O)O)c(C)c3c(=O)[nH]2)cc1. The van der Waals surface area contributed by atoms with Crippen LogP contribution >= 0.6 is 11.3 Å². The van der Waals surface area contributed by atoms with E-state index in [1.165, 1.54) is 5.56 Å². The van der Waals surface area contributed by atoms with E-state index in [4.69, 9.17) is 0 Å². The van der Waals surface area contributed by atoms with E-state index in [1.807, 2.05) is 18.2 Å². The van der Waals surface area contributed by atoms with Gasteiger partial charge in [-0.25, -0.2) is 9.78 Å². The maximum Gasteiger partial charge on any atom is 0.346 e. The summed E-state index contributed by atoms with van der Waals surface area (Å²) in [4.78, 5) is 31.1. The minimum Gasteiger partial charge on any atom is -0.477 e. The average molecular weight is 340 g/mol. The number of carbonyl (C=O) groups is 1. The van der Waals surface area contributed by atoms with Crippen LogP contribution < -0.4 is 5.56 Å². The maximum atomic E-state index is 12.2. The van der Waals surface area contributed by atoms with Gasteiger partial charge in [-0.2, -0.15) is 0 Å². The molecule has 0 aliphatic carbocycles. The van der Waals surface area contributed by atoms with Gasteiger partial charge in [0.1, 0.15) is 15.5 Å². The summed E-state index contributed by atoms with van der Waals surface area (Å²) in [5.74, 6) is -0.631. The number of fused-ring (bicyclic) bond motifs is 1. The Labute approximate surface area is 142 Å². The van der Waals surface area contributed by atoms with E-state index in [0.717, 1.165) is 23.3 Å². The molecule has 0 aliphatic rings. The number of rotatable bonds is 4. The first-order chi connectivity index (χ1) is 11.5. The Hall–Kier alpha value is -2.73. The van der Waals surface area contributed by atoms with Crippen LogP contribution in [0.25, 0.3) is 22.4 Å². The molecule has 122 valence electrons. The van der Waals surface area contributed by atoms with Gasteiger partial charge < -0.3 is 10.1 Å². The Balaban J connectivity index is 1.99. The van der Waals surface area contributed by atoms with Gasteiger partial charge in [0.15, 0.2) is 0 Å². The summed E-state index contributed by atoms with van der Waals surface area (Å²) in [6.45, 7) is 3.73. The van der Waals surface area contributed by atoms with Crippen molar-refractivity contribution in [3.63, 3.8) is 0 Å². The highest BCUT2D eigenvalue weighted by molar-refractivity contribution is 7.20. The van der Waals surface area contributed by atoms with Gasteiger partial charge in [-0.3, -0.25) is 4.79 Å². The Morgan fingerprint density at radius 1 is 1.29 bits per heavy atom. The fourth-order valence-corrected chi connectivity index (χ4v) is 3.51. The van der Waals surface area contributed by atoms with Crippen molar-refractivity contribution < 1.29 is 9.90 Å². The summed E-state index contributed by atoms with van der Waals surface area (Å²) in [6.07, 6.45) is 4.57. The van der Waals surface area contributed by atoms with Crippen molar-refractivity contribution in [2.75, 3.05) is 0 Å². The smallest absolute Gasteiger partial charge is 0.346 e. The summed E-state index contributed by atoms with van der Waals surface area (Å²) in [5.41, 5.74) is 2.41. The van der Waals surface area contributed by atoms with E-state index in [-0.39, 0.29) is 10.4 Å². The lowest BCUT2D eigenvalue weighted by atomic mass is 10.1. The summed E-state index contributed by atoms with van der Waals surface area (Å²) >= 11 is 1.02. The Morgan fingerprint density at radius 2 is 2.00 bits per heavy atom. The number of aromatic amines is 1. The predicted octanol–water partition coefficient (Wildman–Crippen LogP) is 3.72. The number of hydrogen-bond donors (Lipinski definition) is 2. The van der Waals surface area contributed by atoms with Gasteiger partial charge in [-0.15, -0.1) is 11.3 Å². The van der Waals surface area contributed by atoms with E-state index < -0.39 is 5.97 Å². The van der Waals surface area contributed by atoms with Crippen LogP contribution in [0.3, 0.4) is 0 Å². The van der Waals surface area contributed by atoms with Crippen molar-refractivity contribution in [1.29, 1.82) is 0 Å². The monoisotopic (exact) mass is 340 g/mol. The van der Waals surface area contributed by atoms with Crippen LogP contribution in [0.1, 0.15) is 39.1 Å². The number of thiophene rings is 1. The molecule has 0 amide bonds. The van der Waals surface area contributed by atoms with Crippen LogP contribution in [0.5, 0.6) is 0 Å². The molecule has 3 aromatic rings. The van der Waals surface area contributed by atoms with Crippen molar-refractivity contribution in [3.8, 4) is 0 Å². The lowest BCUT2D eigenvalue weighted by molar-refractivity contribution is 0.0701. The van der Waals surface area contributed by atoms with E-state index in [0.29, 0.717) is 21.6 Å². The van der Waals surface area contributed by atoms with Crippen molar-refractivity contribution >= 4 is 39.7 Å². The number of benzene rings is 1.